The fraction of sp³-hybridized carbons (Fsp3) is 0.292. The van der Waals surface area contributed by atoms with Crippen LogP contribution < -0.4 is 5.32 Å². The first-order valence-corrected chi connectivity index (χ1v) is 11.1. The second kappa shape index (κ2) is 10.8. The van der Waals surface area contributed by atoms with Crippen molar-refractivity contribution in [2.75, 3.05) is 5.75 Å². The van der Waals surface area contributed by atoms with Crippen LogP contribution in [0.5, 0.6) is 0 Å². The largest absolute Gasteiger partial charge is 0.349 e. The number of carbonyl (C=O) groups excluding carboxylic acids is 1. The SMILES string of the molecule is C=CCn1c(SCC(=O)N[C@H](CC(C)C)c2ccccc2)nnc1-c1ccccc1. The van der Waals surface area contributed by atoms with Crippen molar-refractivity contribution in [3.63, 3.8) is 0 Å². The maximum atomic E-state index is 12.7. The number of hydrogen-bond donors (Lipinski definition) is 1. The van der Waals surface area contributed by atoms with Crippen LogP contribution in [0.2, 0.25) is 0 Å². The van der Waals surface area contributed by atoms with E-state index in [9.17, 15) is 4.79 Å². The maximum absolute atomic E-state index is 12.7. The second-order valence-corrected chi connectivity index (χ2v) is 8.46. The number of carbonyl (C=O) groups is 1. The van der Waals surface area contributed by atoms with Gasteiger partial charge in [0.2, 0.25) is 5.91 Å². The average Bonchev–Trinajstić information content (AvgIpc) is 3.15. The number of benzene rings is 2. The summed E-state index contributed by atoms with van der Waals surface area (Å²) in [5, 5.41) is 12.6. The Morgan fingerprint density at radius 2 is 1.77 bits per heavy atom. The minimum Gasteiger partial charge on any atom is -0.349 e. The molecule has 5 nitrogen and oxygen atoms in total. The van der Waals surface area contributed by atoms with Gasteiger partial charge in [-0.05, 0) is 17.9 Å². The predicted molar refractivity (Wildman–Crippen MR) is 123 cm³/mol. The number of thioether (sulfide) groups is 1. The standard InChI is InChI=1S/C24H28N4OS/c1-4-15-28-23(20-13-9-6-10-14-20)26-27-24(28)30-17-22(29)25-21(16-18(2)3)19-11-7-5-8-12-19/h4-14,18,21H,1,15-17H2,2-3H3,(H,25,29)/t21-/m1/s1. The minimum absolute atomic E-state index is 0.00484. The van der Waals surface area contributed by atoms with Crippen LogP contribution in [0.1, 0.15) is 31.9 Å². The lowest BCUT2D eigenvalue weighted by Crippen LogP contribution is -2.31. The number of amides is 1. The van der Waals surface area contributed by atoms with E-state index in [2.05, 4.69) is 48.1 Å². The lowest BCUT2D eigenvalue weighted by molar-refractivity contribution is -0.119. The van der Waals surface area contributed by atoms with Crippen molar-refractivity contribution < 1.29 is 4.79 Å². The van der Waals surface area contributed by atoms with Crippen LogP contribution in [0.15, 0.2) is 78.5 Å². The summed E-state index contributed by atoms with van der Waals surface area (Å²) >= 11 is 1.40. The molecule has 3 aromatic rings. The van der Waals surface area contributed by atoms with E-state index in [0.717, 1.165) is 23.4 Å². The van der Waals surface area contributed by atoms with Crippen LogP contribution >= 0.6 is 11.8 Å². The molecule has 0 bridgehead atoms. The van der Waals surface area contributed by atoms with E-state index in [0.29, 0.717) is 17.6 Å². The van der Waals surface area contributed by atoms with Gasteiger partial charge >= 0.3 is 0 Å². The Kier molecular flexibility index (Phi) is 7.85. The zero-order valence-corrected chi connectivity index (χ0v) is 18.3. The molecule has 1 heterocycles. The summed E-state index contributed by atoms with van der Waals surface area (Å²) in [4.78, 5) is 12.7. The monoisotopic (exact) mass is 420 g/mol. The second-order valence-electron chi connectivity index (χ2n) is 7.52. The topological polar surface area (TPSA) is 59.8 Å². The molecule has 0 aliphatic rings. The molecule has 2 aromatic carbocycles. The first kappa shape index (κ1) is 21.8. The molecule has 0 aliphatic heterocycles. The summed E-state index contributed by atoms with van der Waals surface area (Å²) in [6.07, 6.45) is 2.71. The summed E-state index contributed by atoms with van der Waals surface area (Å²) in [5.74, 6) is 1.53. The molecule has 1 atom stereocenters. The summed E-state index contributed by atoms with van der Waals surface area (Å²) < 4.78 is 1.99. The minimum atomic E-state index is -0.0103. The zero-order valence-electron chi connectivity index (χ0n) is 17.5. The van der Waals surface area contributed by atoms with E-state index in [1.807, 2.05) is 59.2 Å². The van der Waals surface area contributed by atoms with Crippen LogP contribution in [-0.4, -0.2) is 26.4 Å². The van der Waals surface area contributed by atoms with Gasteiger partial charge in [0.05, 0.1) is 11.8 Å². The van der Waals surface area contributed by atoms with E-state index in [1.54, 1.807) is 0 Å². The van der Waals surface area contributed by atoms with Gasteiger partial charge in [0.15, 0.2) is 11.0 Å². The molecule has 1 amide bonds. The highest BCUT2D eigenvalue weighted by Gasteiger charge is 2.18. The van der Waals surface area contributed by atoms with E-state index in [1.165, 1.54) is 11.8 Å². The molecule has 0 radical (unpaired) electrons. The van der Waals surface area contributed by atoms with E-state index < -0.39 is 0 Å². The van der Waals surface area contributed by atoms with Crippen molar-refractivity contribution in [2.45, 2.75) is 38.0 Å². The molecule has 3 rings (SSSR count). The van der Waals surface area contributed by atoms with Crippen LogP contribution in [0.4, 0.5) is 0 Å². The Bertz CT molecular complexity index is 954. The fourth-order valence-electron chi connectivity index (χ4n) is 3.29. The van der Waals surface area contributed by atoms with E-state index in [4.69, 9.17) is 0 Å². The van der Waals surface area contributed by atoms with Gasteiger partial charge in [-0.2, -0.15) is 0 Å². The van der Waals surface area contributed by atoms with Crippen molar-refractivity contribution in [2.24, 2.45) is 5.92 Å². The molecule has 0 unspecified atom stereocenters. The molecule has 0 saturated carbocycles. The Labute approximate surface area is 182 Å². The molecular formula is C24H28N4OS. The Hall–Kier alpha value is -2.86. The van der Waals surface area contributed by atoms with Gasteiger partial charge < -0.3 is 5.32 Å². The molecule has 0 saturated heterocycles. The van der Waals surface area contributed by atoms with E-state index in [-0.39, 0.29) is 17.7 Å². The smallest absolute Gasteiger partial charge is 0.230 e. The summed E-state index contributed by atoms with van der Waals surface area (Å²) in [6, 6.07) is 20.1. The maximum Gasteiger partial charge on any atom is 0.230 e. The first-order chi connectivity index (χ1) is 14.6. The highest BCUT2D eigenvalue weighted by Crippen LogP contribution is 2.25. The number of hydrogen-bond acceptors (Lipinski definition) is 4. The van der Waals surface area contributed by atoms with Gasteiger partial charge in [-0.1, -0.05) is 92.3 Å². The third-order valence-corrected chi connectivity index (χ3v) is 5.60. The Morgan fingerprint density at radius 3 is 2.40 bits per heavy atom. The number of allylic oxidation sites excluding steroid dienone is 1. The Balaban J connectivity index is 1.69. The first-order valence-electron chi connectivity index (χ1n) is 10.1. The summed E-state index contributed by atoms with van der Waals surface area (Å²) in [6.45, 7) is 8.76. The Morgan fingerprint density at radius 1 is 1.10 bits per heavy atom. The predicted octanol–water partition coefficient (Wildman–Crippen LogP) is 5.13. The lowest BCUT2D eigenvalue weighted by atomic mass is 9.97. The normalized spacial score (nSPS) is 12.0. The molecule has 30 heavy (non-hydrogen) atoms. The number of nitrogens with zero attached hydrogens (tertiary/aromatic N) is 3. The van der Waals surface area contributed by atoms with Crippen molar-refractivity contribution >= 4 is 17.7 Å². The van der Waals surface area contributed by atoms with Crippen molar-refractivity contribution in [1.82, 2.24) is 20.1 Å². The van der Waals surface area contributed by atoms with Crippen LogP contribution in [0, 0.1) is 5.92 Å². The average molecular weight is 421 g/mol. The number of nitrogens with one attached hydrogen (secondary N) is 1. The van der Waals surface area contributed by atoms with Crippen LogP contribution in [0.25, 0.3) is 11.4 Å². The van der Waals surface area contributed by atoms with Gasteiger partial charge in [-0.15, -0.1) is 16.8 Å². The molecule has 156 valence electrons. The molecule has 6 heteroatoms. The van der Waals surface area contributed by atoms with Crippen LogP contribution in [0.3, 0.4) is 0 Å². The third-order valence-electron chi connectivity index (χ3n) is 4.64. The quantitative estimate of drug-likeness (QED) is 0.365. The van der Waals surface area contributed by atoms with Gasteiger partial charge in [0.1, 0.15) is 0 Å². The highest BCUT2D eigenvalue weighted by atomic mass is 32.2. The molecule has 1 N–H and O–H groups in total. The van der Waals surface area contributed by atoms with Gasteiger partial charge in [0.25, 0.3) is 0 Å². The molecule has 0 aliphatic carbocycles. The van der Waals surface area contributed by atoms with E-state index >= 15 is 0 Å². The zero-order chi connectivity index (χ0) is 21.3. The summed E-state index contributed by atoms with van der Waals surface area (Å²) in [7, 11) is 0. The van der Waals surface area contributed by atoms with Crippen LogP contribution in [-0.2, 0) is 11.3 Å². The van der Waals surface area contributed by atoms with Crippen molar-refractivity contribution in [3.8, 4) is 11.4 Å². The van der Waals surface area contributed by atoms with Gasteiger partial charge in [-0.3, -0.25) is 9.36 Å². The lowest BCUT2D eigenvalue weighted by Gasteiger charge is -2.21. The molecule has 0 fully saturated rings. The number of rotatable bonds is 10. The van der Waals surface area contributed by atoms with Crippen molar-refractivity contribution in [1.29, 1.82) is 0 Å². The molecule has 0 spiro atoms. The summed E-state index contributed by atoms with van der Waals surface area (Å²) in [5.41, 5.74) is 2.12. The molecule has 1 aromatic heterocycles. The third kappa shape index (κ3) is 5.83. The number of aromatic nitrogens is 3. The van der Waals surface area contributed by atoms with Gasteiger partial charge in [0, 0.05) is 12.1 Å². The highest BCUT2D eigenvalue weighted by molar-refractivity contribution is 7.99. The fourth-order valence-corrected chi connectivity index (χ4v) is 4.05. The van der Waals surface area contributed by atoms with Crippen molar-refractivity contribution in [3.05, 3.63) is 78.9 Å². The van der Waals surface area contributed by atoms with Gasteiger partial charge in [-0.25, -0.2) is 0 Å². The molecular weight excluding hydrogens is 392 g/mol.